The number of amides is 2. The minimum Gasteiger partial charge on any atom is -0.483 e. The molecule has 2 aromatic carbocycles. The first kappa shape index (κ1) is 22.6. The van der Waals surface area contributed by atoms with E-state index in [1.807, 2.05) is 48.5 Å². The van der Waals surface area contributed by atoms with Crippen LogP contribution >= 0.6 is 27.7 Å². The molecule has 0 bridgehead atoms. The second-order valence-corrected chi connectivity index (χ2v) is 9.04. The molecule has 2 fully saturated rings. The van der Waals surface area contributed by atoms with E-state index in [9.17, 15) is 9.59 Å². The molecule has 0 atom stereocenters. The summed E-state index contributed by atoms with van der Waals surface area (Å²) in [5.41, 5.74) is 1.64. The molecule has 4 rings (SSSR count). The first-order valence-electron chi connectivity index (χ1n) is 10.1. The molecule has 32 heavy (non-hydrogen) atoms. The van der Waals surface area contributed by atoms with Crippen LogP contribution in [0.1, 0.15) is 5.56 Å². The summed E-state index contributed by atoms with van der Waals surface area (Å²) in [4.78, 5) is 33.4. The van der Waals surface area contributed by atoms with E-state index in [1.165, 1.54) is 11.8 Å². The molecule has 0 aromatic heterocycles. The molecule has 0 aliphatic carbocycles. The Morgan fingerprint density at radius 2 is 1.97 bits per heavy atom. The third-order valence-electron chi connectivity index (χ3n) is 4.95. The van der Waals surface area contributed by atoms with Gasteiger partial charge in [-0.1, -0.05) is 24.3 Å². The van der Waals surface area contributed by atoms with Crippen molar-refractivity contribution in [2.75, 3.05) is 40.0 Å². The van der Waals surface area contributed by atoms with Crippen molar-refractivity contribution in [2.24, 2.45) is 4.99 Å². The van der Waals surface area contributed by atoms with Crippen LogP contribution in [0.15, 0.2) is 62.9 Å². The molecule has 9 heteroatoms. The fourth-order valence-corrected chi connectivity index (χ4v) is 4.68. The van der Waals surface area contributed by atoms with Gasteiger partial charge in [0.1, 0.15) is 5.75 Å². The topological polar surface area (TPSA) is 71.4 Å². The van der Waals surface area contributed by atoms with Crippen LogP contribution in [-0.2, 0) is 14.3 Å². The summed E-state index contributed by atoms with van der Waals surface area (Å²) in [7, 11) is 1.72. The molecular formula is C23H22BrN3O4S. The van der Waals surface area contributed by atoms with Gasteiger partial charge < -0.3 is 14.4 Å². The highest BCUT2D eigenvalue weighted by Crippen LogP contribution is 2.34. The van der Waals surface area contributed by atoms with Crippen molar-refractivity contribution in [1.29, 1.82) is 0 Å². The van der Waals surface area contributed by atoms with Crippen molar-refractivity contribution in [2.45, 2.75) is 0 Å². The van der Waals surface area contributed by atoms with Crippen LogP contribution in [0.3, 0.4) is 0 Å². The van der Waals surface area contributed by atoms with E-state index in [1.54, 1.807) is 22.9 Å². The Bertz CT molecular complexity index is 1070. The van der Waals surface area contributed by atoms with Gasteiger partial charge in [0.05, 0.1) is 28.3 Å². The van der Waals surface area contributed by atoms with Crippen molar-refractivity contribution >= 4 is 56.4 Å². The van der Waals surface area contributed by atoms with E-state index in [2.05, 4.69) is 20.9 Å². The van der Waals surface area contributed by atoms with E-state index in [4.69, 9.17) is 9.47 Å². The number of rotatable bonds is 5. The average molecular weight is 516 g/mol. The number of hydrogen-bond donors (Lipinski definition) is 0. The third kappa shape index (κ3) is 5.40. The van der Waals surface area contributed by atoms with Crippen molar-refractivity contribution in [3.63, 3.8) is 0 Å². The lowest BCUT2D eigenvalue weighted by molar-refractivity contribution is -0.137. The van der Waals surface area contributed by atoms with Gasteiger partial charge in [-0.3, -0.25) is 14.5 Å². The minimum atomic E-state index is -0.0998. The van der Waals surface area contributed by atoms with Gasteiger partial charge in [0.25, 0.3) is 11.8 Å². The molecule has 2 heterocycles. The van der Waals surface area contributed by atoms with Gasteiger partial charge in [-0.2, -0.15) is 0 Å². The van der Waals surface area contributed by atoms with Crippen molar-refractivity contribution in [3.05, 3.63) is 63.5 Å². The van der Waals surface area contributed by atoms with E-state index in [-0.39, 0.29) is 18.4 Å². The van der Waals surface area contributed by atoms with Crippen molar-refractivity contribution < 1.29 is 19.1 Å². The molecule has 2 aliphatic rings. The van der Waals surface area contributed by atoms with Gasteiger partial charge in [0, 0.05) is 20.1 Å². The molecule has 7 nitrogen and oxygen atoms in total. The number of benzene rings is 2. The van der Waals surface area contributed by atoms with Crippen molar-refractivity contribution in [3.8, 4) is 5.75 Å². The summed E-state index contributed by atoms with van der Waals surface area (Å²) in [5.74, 6) is 0.410. The van der Waals surface area contributed by atoms with Crippen molar-refractivity contribution in [1.82, 2.24) is 9.80 Å². The molecule has 2 saturated heterocycles. The Kier molecular flexibility index (Phi) is 7.29. The number of likely N-dealkylation sites (N-methyl/N-ethyl adjacent to an activating group) is 1. The molecule has 2 aromatic rings. The van der Waals surface area contributed by atoms with Crippen LogP contribution in [0.25, 0.3) is 6.08 Å². The predicted octanol–water partition coefficient (Wildman–Crippen LogP) is 3.92. The van der Waals surface area contributed by atoms with Gasteiger partial charge in [-0.15, -0.1) is 0 Å². The zero-order valence-corrected chi connectivity index (χ0v) is 19.9. The lowest BCUT2D eigenvalue weighted by Gasteiger charge is -2.26. The zero-order chi connectivity index (χ0) is 22.5. The maximum Gasteiger partial charge on any atom is 0.266 e. The first-order chi connectivity index (χ1) is 15.5. The number of hydrogen-bond acceptors (Lipinski definition) is 6. The Labute approximate surface area is 199 Å². The zero-order valence-electron chi connectivity index (χ0n) is 17.5. The van der Waals surface area contributed by atoms with Crippen LogP contribution in [0.2, 0.25) is 0 Å². The maximum atomic E-state index is 12.7. The predicted molar refractivity (Wildman–Crippen MR) is 129 cm³/mol. The van der Waals surface area contributed by atoms with Crippen LogP contribution in [0.5, 0.6) is 5.75 Å². The summed E-state index contributed by atoms with van der Waals surface area (Å²) in [6, 6.07) is 15.0. The number of morpholine rings is 1. The van der Waals surface area contributed by atoms with E-state index in [0.717, 1.165) is 11.3 Å². The highest BCUT2D eigenvalue weighted by Gasteiger charge is 2.30. The molecule has 0 radical (unpaired) electrons. The Balaban J connectivity index is 1.43. The SMILES string of the molecule is CN1C(=O)/C(=C/c2ccc(OCC(=O)N3CCOCC3)c(Br)c2)SC1=Nc1ccccc1. The Morgan fingerprint density at radius 1 is 1.22 bits per heavy atom. The summed E-state index contributed by atoms with van der Waals surface area (Å²) >= 11 is 4.84. The molecule has 0 N–H and O–H groups in total. The highest BCUT2D eigenvalue weighted by atomic mass is 79.9. The number of para-hydroxylation sites is 1. The molecular weight excluding hydrogens is 494 g/mol. The van der Waals surface area contributed by atoms with Gasteiger partial charge >= 0.3 is 0 Å². The van der Waals surface area contributed by atoms with Crippen LogP contribution < -0.4 is 4.74 Å². The Morgan fingerprint density at radius 3 is 2.69 bits per heavy atom. The van der Waals surface area contributed by atoms with Crippen LogP contribution in [-0.4, -0.2) is 66.7 Å². The second-order valence-electron chi connectivity index (χ2n) is 7.18. The van der Waals surface area contributed by atoms with E-state index >= 15 is 0 Å². The lowest BCUT2D eigenvalue weighted by Crippen LogP contribution is -2.43. The smallest absolute Gasteiger partial charge is 0.266 e. The second kappa shape index (κ2) is 10.3. The number of carbonyl (C=O) groups is 2. The fourth-order valence-electron chi connectivity index (χ4n) is 3.18. The van der Waals surface area contributed by atoms with Crippen LogP contribution in [0.4, 0.5) is 5.69 Å². The summed E-state index contributed by atoms with van der Waals surface area (Å²) < 4.78 is 11.7. The number of thioether (sulfide) groups is 1. The number of carbonyl (C=O) groups excluding carboxylic acids is 2. The standard InChI is InChI=1S/C23H22BrN3O4S/c1-26-22(29)20(32-23(26)25-17-5-3-2-4-6-17)14-16-7-8-19(18(24)13-16)31-15-21(28)27-9-11-30-12-10-27/h2-8,13-14H,9-12,15H2,1H3/b20-14-,25-23?. The number of nitrogens with zero attached hydrogens (tertiary/aromatic N) is 3. The highest BCUT2D eigenvalue weighted by molar-refractivity contribution is 9.10. The number of amidine groups is 1. The van der Waals surface area contributed by atoms with Crippen LogP contribution in [0, 0.1) is 0 Å². The lowest BCUT2D eigenvalue weighted by atomic mass is 10.2. The number of halogens is 1. The van der Waals surface area contributed by atoms with Gasteiger partial charge in [0.2, 0.25) is 0 Å². The van der Waals surface area contributed by atoms with Gasteiger partial charge in [0.15, 0.2) is 11.8 Å². The number of aliphatic imine (C=N–C) groups is 1. The summed E-state index contributed by atoms with van der Waals surface area (Å²) in [5, 5.41) is 0.632. The third-order valence-corrected chi connectivity index (χ3v) is 6.63. The molecule has 0 unspecified atom stereocenters. The normalized spacial score (nSPS) is 19.1. The largest absolute Gasteiger partial charge is 0.483 e. The monoisotopic (exact) mass is 515 g/mol. The van der Waals surface area contributed by atoms with E-state index < -0.39 is 0 Å². The summed E-state index contributed by atoms with van der Waals surface area (Å²) in [6.45, 7) is 2.26. The fraction of sp³-hybridized carbons (Fsp3) is 0.261. The van der Waals surface area contributed by atoms with Gasteiger partial charge in [-0.25, -0.2) is 4.99 Å². The molecule has 2 amide bonds. The minimum absolute atomic E-state index is 0.0303. The summed E-state index contributed by atoms with van der Waals surface area (Å²) in [6.07, 6.45) is 1.82. The van der Waals surface area contributed by atoms with E-state index in [0.29, 0.717) is 46.6 Å². The molecule has 0 saturated carbocycles. The number of ether oxygens (including phenoxy) is 2. The maximum absolute atomic E-state index is 12.7. The Hall–Kier alpha value is -2.62. The molecule has 0 spiro atoms. The average Bonchev–Trinajstić information content (AvgIpc) is 3.07. The molecule has 166 valence electrons. The first-order valence-corrected chi connectivity index (χ1v) is 11.7. The van der Waals surface area contributed by atoms with Gasteiger partial charge in [-0.05, 0) is 63.6 Å². The quantitative estimate of drug-likeness (QED) is 0.564. The molecule has 2 aliphatic heterocycles.